The molecule has 0 aromatic carbocycles. The van der Waals surface area contributed by atoms with Gasteiger partial charge in [-0.05, 0) is 13.2 Å². The predicted octanol–water partition coefficient (Wildman–Crippen LogP) is 1.76. The van der Waals surface area contributed by atoms with E-state index in [0.29, 0.717) is 5.37 Å². The Kier molecular flexibility index (Phi) is 2.16. The molecular weight excluding hydrogens is 132 g/mol. The number of thioether (sulfide) groups is 1. The molecule has 0 spiro atoms. The standard InChI is InChI=1S/C6H10N2S/c1-6(9-2)8-4-3-7-5-8/h3-6H,1-2H3. The highest BCUT2D eigenvalue weighted by molar-refractivity contribution is 7.98. The van der Waals surface area contributed by atoms with Crippen molar-refractivity contribution in [2.75, 3.05) is 6.26 Å². The van der Waals surface area contributed by atoms with Crippen molar-refractivity contribution in [1.29, 1.82) is 0 Å². The Labute approximate surface area is 59.3 Å². The van der Waals surface area contributed by atoms with Crippen molar-refractivity contribution in [3.05, 3.63) is 18.7 Å². The maximum absolute atomic E-state index is 3.94. The normalized spacial score (nSPS) is 13.6. The second-order valence-corrected chi connectivity index (χ2v) is 3.00. The SMILES string of the molecule is CSC(C)n1ccnc1. The van der Waals surface area contributed by atoms with E-state index in [-0.39, 0.29) is 0 Å². The molecule has 0 saturated carbocycles. The average molecular weight is 142 g/mol. The minimum Gasteiger partial charge on any atom is -0.325 e. The van der Waals surface area contributed by atoms with Gasteiger partial charge in [-0.2, -0.15) is 0 Å². The zero-order chi connectivity index (χ0) is 6.69. The summed E-state index contributed by atoms with van der Waals surface area (Å²) in [6.07, 6.45) is 7.69. The van der Waals surface area contributed by atoms with Crippen molar-refractivity contribution >= 4 is 11.8 Å². The molecule has 0 aliphatic rings. The van der Waals surface area contributed by atoms with E-state index in [1.165, 1.54) is 0 Å². The van der Waals surface area contributed by atoms with E-state index < -0.39 is 0 Å². The van der Waals surface area contributed by atoms with Gasteiger partial charge >= 0.3 is 0 Å². The molecule has 50 valence electrons. The molecule has 0 fully saturated rings. The molecule has 0 N–H and O–H groups in total. The van der Waals surface area contributed by atoms with E-state index in [9.17, 15) is 0 Å². The third-order valence-electron chi connectivity index (χ3n) is 1.29. The van der Waals surface area contributed by atoms with Crippen LogP contribution in [0.25, 0.3) is 0 Å². The summed E-state index contributed by atoms with van der Waals surface area (Å²) < 4.78 is 2.07. The third-order valence-corrected chi connectivity index (χ3v) is 2.21. The molecule has 0 aliphatic heterocycles. The number of nitrogens with zero attached hydrogens (tertiary/aromatic N) is 2. The van der Waals surface area contributed by atoms with Gasteiger partial charge in [0.15, 0.2) is 0 Å². The fourth-order valence-corrected chi connectivity index (χ4v) is 0.974. The largest absolute Gasteiger partial charge is 0.325 e. The van der Waals surface area contributed by atoms with Crippen molar-refractivity contribution in [2.45, 2.75) is 12.3 Å². The van der Waals surface area contributed by atoms with Crippen LogP contribution in [0.4, 0.5) is 0 Å². The Hall–Kier alpha value is -0.440. The van der Waals surface area contributed by atoms with Crippen LogP contribution in [0.5, 0.6) is 0 Å². The molecular formula is C6H10N2S. The summed E-state index contributed by atoms with van der Waals surface area (Å²) in [5, 5.41) is 0.507. The van der Waals surface area contributed by atoms with E-state index in [0.717, 1.165) is 0 Å². The van der Waals surface area contributed by atoms with Crippen LogP contribution in [-0.2, 0) is 0 Å². The Morgan fingerprint density at radius 2 is 2.44 bits per heavy atom. The lowest BCUT2D eigenvalue weighted by Crippen LogP contribution is -1.95. The van der Waals surface area contributed by atoms with Gasteiger partial charge in [0.05, 0.1) is 11.7 Å². The zero-order valence-corrected chi connectivity index (χ0v) is 6.43. The van der Waals surface area contributed by atoms with Gasteiger partial charge in [0.2, 0.25) is 0 Å². The number of imidazole rings is 1. The number of rotatable bonds is 2. The molecule has 1 aromatic rings. The molecule has 0 radical (unpaired) electrons. The first kappa shape index (κ1) is 6.68. The van der Waals surface area contributed by atoms with Gasteiger partial charge in [-0.25, -0.2) is 4.98 Å². The first-order valence-electron chi connectivity index (χ1n) is 2.85. The molecule has 1 heterocycles. The molecule has 2 nitrogen and oxygen atoms in total. The lowest BCUT2D eigenvalue weighted by atomic mass is 10.7. The maximum atomic E-state index is 3.94. The van der Waals surface area contributed by atoms with Gasteiger partial charge in [0.25, 0.3) is 0 Å². The van der Waals surface area contributed by atoms with Gasteiger partial charge in [0, 0.05) is 12.4 Å². The van der Waals surface area contributed by atoms with Crippen molar-refractivity contribution in [3.8, 4) is 0 Å². The van der Waals surface area contributed by atoms with Crippen LogP contribution in [0.15, 0.2) is 18.7 Å². The molecule has 0 saturated heterocycles. The van der Waals surface area contributed by atoms with Crippen molar-refractivity contribution < 1.29 is 0 Å². The molecule has 3 heteroatoms. The van der Waals surface area contributed by atoms with Crippen LogP contribution in [0.3, 0.4) is 0 Å². The summed E-state index contributed by atoms with van der Waals surface area (Å²) in [7, 11) is 0. The minimum absolute atomic E-state index is 0.507. The van der Waals surface area contributed by atoms with Crippen molar-refractivity contribution in [2.24, 2.45) is 0 Å². The first-order chi connectivity index (χ1) is 4.34. The van der Waals surface area contributed by atoms with Gasteiger partial charge in [-0.3, -0.25) is 0 Å². The highest BCUT2D eigenvalue weighted by Gasteiger charge is 1.97. The lowest BCUT2D eigenvalue weighted by Gasteiger charge is -2.07. The van der Waals surface area contributed by atoms with Gasteiger partial charge in [-0.15, -0.1) is 11.8 Å². The van der Waals surface area contributed by atoms with Crippen LogP contribution < -0.4 is 0 Å². The summed E-state index contributed by atoms with van der Waals surface area (Å²) in [4.78, 5) is 3.94. The second kappa shape index (κ2) is 2.92. The van der Waals surface area contributed by atoms with E-state index in [1.54, 1.807) is 18.0 Å². The van der Waals surface area contributed by atoms with E-state index >= 15 is 0 Å². The Morgan fingerprint density at radius 1 is 1.67 bits per heavy atom. The van der Waals surface area contributed by atoms with E-state index in [4.69, 9.17) is 0 Å². The summed E-state index contributed by atoms with van der Waals surface area (Å²) in [6.45, 7) is 2.15. The van der Waals surface area contributed by atoms with Crippen LogP contribution in [0.1, 0.15) is 12.3 Å². The molecule has 1 unspecified atom stereocenters. The number of aromatic nitrogens is 2. The summed E-state index contributed by atoms with van der Waals surface area (Å²) >= 11 is 1.81. The minimum atomic E-state index is 0.507. The summed E-state index contributed by atoms with van der Waals surface area (Å²) in [5.41, 5.74) is 0. The predicted molar refractivity (Wildman–Crippen MR) is 40.5 cm³/mol. The van der Waals surface area contributed by atoms with Crippen LogP contribution >= 0.6 is 11.8 Å². The highest BCUT2D eigenvalue weighted by Crippen LogP contribution is 2.16. The average Bonchev–Trinajstić information content (AvgIpc) is 2.37. The smallest absolute Gasteiger partial charge is 0.0955 e. The van der Waals surface area contributed by atoms with Crippen LogP contribution in [-0.4, -0.2) is 15.8 Å². The first-order valence-corrected chi connectivity index (χ1v) is 4.13. The quantitative estimate of drug-likeness (QED) is 0.626. The van der Waals surface area contributed by atoms with Crippen molar-refractivity contribution in [3.63, 3.8) is 0 Å². The Morgan fingerprint density at radius 3 is 2.89 bits per heavy atom. The molecule has 1 rings (SSSR count). The highest BCUT2D eigenvalue weighted by atomic mass is 32.2. The summed E-state index contributed by atoms with van der Waals surface area (Å²) in [5.74, 6) is 0. The second-order valence-electron chi connectivity index (χ2n) is 1.84. The third kappa shape index (κ3) is 1.48. The fraction of sp³-hybridized carbons (Fsp3) is 0.500. The number of hydrogen-bond donors (Lipinski definition) is 0. The van der Waals surface area contributed by atoms with Gasteiger partial charge < -0.3 is 4.57 Å². The number of hydrogen-bond acceptors (Lipinski definition) is 2. The molecule has 1 aromatic heterocycles. The van der Waals surface area contributed by atoms with Gasteiger partial charge in [-0.1, -0.05) is 0 Å². The monoisotopic (exact) mass is 142 g/mol. The van der Waals surface area contributed by atoms with E-state index in [2.05, 4.69) is 22.7 Å². The Balaban J connectivity index is 2.65. The lowest BCUT2D eigenvalue weighted by molar-refractivity contribution is 0.740. The molecule has 0 amide bonds. The Bertz CT molecular complexity index is 160. The van der Waals surface area contributed by atoms with Gasteiger partial charge in [0.1, 0.15) is 0 Å². The summed E-state index contributed by atoms with van der Waals surface area (Å²) in [6, 6.07) is 0. The topological polar surface area (TPSA) is 17.8 Å². The fourth-order valence-electron chi connectivity index (χ4n) is 0.606. The molecule has 0 bridgehead atoms. The maximum Gasteiger partial charge on any atom is 0.0955 e. The van der Waals surface area contributed by atoms with Crippen molar-refractivity contribution in [1.82, 2.24) is 9.55 Å². The zero-order valence-electron chi connectivity index (χ0n) is 5.61. The van der Waals surface area contributed by atoms with Crippen LogP contribution in [0, 0.1) is 0 Å². The molecule has 1 atom stereocenters. The molecule has 0 aliphatic carbocycles. The molecule has 9 heavy (non-hydrogen) atoms. The van der Waals surface area contributed by atoms with E-state index in [1.807, 2.05) is 12.5 Å². The van der Waals surface area contributed by atoms with Crippen LogP contribution in [0.2, 0.25) is 0 Å².